The summed E-state index contributed by atoms with van der Waals surface area (Å²) in [7, 11) is 0. The van der Waals surface area contributed by atoms with Crippen LogP contribution in [0.3, 0.4) is 0 Å². The van der Waals surface area contributed by atoms with Crippen molar-refractivity contribution in [3.8, 4) is 0 Å². The molecule has 5 rings (SSSR count). The Morgan fingerprint density at radius 1 is 0.315 bits per heavy atom. The molecular formula is C40H34Cl8Cu2N4. The summed E-state index contributed by atoms with van der Waals surface area (Å²) in [6.45, 7) is 7.58. The van der Waals surface area contributed by atoms with Gasteiger partial charge in [0.05, 0.1) is 40.2 Å². The van der Waals surface area contributed by atoms with Crippen LogP contribution in [0.15, 0.2) is 129 Å². The second-order valence-electron chi connectivity index (χ2n) is 11.2. The monoisotopic (exact) mass is 976 g/mol. The molecule has 0 atom stereocenters. The summed E-state index contributed by atoms with van der Waals surface area (Å²) in [5.74, 6) is 0. The Morgan fingerprint density at radius 2 is 0.463 bits per heavy atom. The minimum atomic E-state index is 0. The van der Waals surface area contributed by atoms with E-state index in [-0.39, 0.29) is 34.1 Å². The van der Waals surface area contributed by atoms with E-state index < -0.39 is 0 Å². The van der Waals surface area contributed by atoms with E-state index in [1.54, 1.807) is 72.8 Å². The van der Waals surface area contributed by atoms with Crippen molar-refractivity contribution in [1.29, 1.82) is 0 Å². The Bertz CT molecular complexity index is 1720. The molecule has 0 aliphatic heterocycles. The zero-order valence-electron chi connectivity index (χ0n) is 29.2. The number of halogens is 8. The van der Waals surface area contributed by atoms with Crippen LogP contribution in [0.5, 0.6) is 0 Å². The van der Waals surface area contributed by atoms with Crippen molar-refractivity contribution in [3.05, 3.63) is 149 Å². The summed E-state index contributed by atoms with van der Waals surface area (Å²) in [5, 5.41) is 4.12. The van der Waals surface area contributed by atoms with Gasteiger partial charge < -0.3 is 0 Å². The number of hydrogen-bond donors (Lipinski definition) is 0. The van der Waals surface area contributed by atoms with Gasteiger partial charge in [-0.05, 0) is 76.2 Å². The fourth-order valence-electron chi connectivity index (χ4n) is 4.43. The van der Waals surface area contributed by atoms with Crippen LogP contribution < -0.4 is 0 Å². The van der Waals surface area contributed by atoms with Crippen LogP contribution in [0.2, 0.25) is 40.2 Å². The first-order valence-electron chi connectivity index (χ1n) is 15.7. The zero-order valence-corrected chi connectivity index (χ0v) is 37.2. The van der Waals surface area contributed by atoms with E-state index >= 15 is 0 Å². The van der Waals surface area contributed by atoms with Crippen LogP contribution in [0, 0.1) is 0 Å². The molecule has 4 nitrogen and oxygen atoms in total. The molecule has 54 heavy (non-hydrogen) atoms. The molecule has 14 heteroatoms. The first-order chi connectivity index (χ1) is 24.8. The number of hydrogen-bond acceptors (Lipinski definition) is 4. The third-order valence-electron chi connectivity index (χ3n) is 6.65. The van der Waals surface area contributed by atoms with E-state index in [2.05, 4.69) is 20.0 Å². The minimum Gasteiger partial charge on any atom is -0.255 e. The quantitative estimate of drug-likeness (QED) is 0.110. The molecule has 5 aromatic rings. The molecule has 292 valence electrons. The second kappa shape index (κ2) is 26.1. The van der Waals surface area contributed by atoms with E-state index in [0.29, 0.717) is 75.8 Å². The van der Waals surface area contributed by atoms with Gasteiger partial charge in [0.15, 0.2) is 0 Å². The predicted molar refractivity (Wildman–Crippen MR) is 233 cm³/mol. The Morgan fingerprint density at radius 3 is 0.611 bits per heavy atom. The van der Waals surface area contributed by atoms with Gasteiger partial charge in [-0.3, -0.25) is 20.0 Å². The van der Waals surface area contributed by atoms with Crippen LogP contribution in [0.4, 0.5) is 22.7 Å². The van der Waals surface area contributed by atoms with Gasteiger partial charge in [0, 0.05) is 69.8 Å². The molecule has 0 N–H and O–H groups in total. The maximum absolute atomic E-state index is 6.12. The van der Waals surface area contributed by atoms with Gasteiger partial charge in [-0.15, -0.1) is 0 Å². The first-order valence-corrected chi connectivity index (χ1v) is 18.7. The summed E-state index contributed by atoms with van der Waals surface area (Å²) in [4.78, 5) is 18.0. The molecule has 0 amide bonds. The molecule has 0 spiro atoms. The number of aliphatic imine (C=N–C) groups is 4. The molecule has 0 bridgehead atoms. The Balaban J connectivity index is 0.000000452. The zero-order chi connectivity index (χ0) is 38.2. The molecule has 0 unspecified atom stereocenters. The SMILES string of the molecule is CC(CC(C)=Nc1c(Cl)cccc1Cl)=Nc1c(Cl)cccc1Cl.CC(CC(C)=Nc1c(Cl)cccc1Cl)=Nc1c(Cl)cccc1Cl.[Cu].[Cu].c1ccccc1. The van der Waals surface area contributed by atoms with Crippen LogP contribution in [0.25, 0.3) is 0 Å². The van der Waals surface area contributed by atoms with Crippen LogP contribution in [-0.2, 0) is 34.1 Å². The normalized spacial score (nSPS) is 11.6. The molecule has 0 aromatic heterocycles. The van der Waals surface area contributed by atoms with E-state index in [4.69, 9.17) is 92.8 Å². The van der Waals surface area contributed by atoms with Crippen molar-refractivity contribution < 1.29 is 34.1 Å². The summed E-state index contributed by atoms with van der Waals surface area (Å²) in [6.07, 6.45) is 1.12. The topological polar surface area (TPSA) is 49.4 Å². The van der Waals surface area contributed by atoms with Gasteiger partial charge >= 0.3 is 0 Å². The summed E-state index contributed by atoms with van der Waals surface area (Å²) in [5.41, 5.74) is 5.62. The van der Waals surface area contributed by atoms with E-state index in [9.17, 15) is 0 Å². The van der Waals surface area contributed by atoms with Gasteiger partial charge in [0.25, 0.3) is 0 Å². The van der Waals surface area contributed by atoms with E-state index in [0.717, 1.165) is 22.8 Å². The maximum atomic E-state index is 6.12. The minimum absolute atomic E-state index is 0. The largest absolute Gasteiger partial charge is 0.255 e. The van der Waals surface area contributed by atoms with Crippen LogP contribution in [0.1, 0.15) is 40.5 Å². The molecule has 2 radical (unpaired) electrons. The Hall–Kier alpha value is -1.86. The molecule has 0 heterocycles. The molecule has 0 fully saturated rings. The first kappa shape index (κ1) is 50.2. The number of para-hydroxylation sites is 4. The van der Waals surface area contributed by atoms with Gasteiger partial charge in [-0.2, -0.15) is 0 Å². The Labute approximate surface area is 379 Å². The third kappa shape index (κ3) is 17.1. The maximum Gasteiger partial charge on any atom is 0.100 e. The summed E-state index contributed by atoms with van der Waals surface area (Å²) in [6, 6.07) is 33.2. The van der Waals surface area contributed by atoms with E-state index in [1.807, 2.05) is 64.1 Å². The number of nitrogens with zero attached hydrogens (tertiary/aromatic N) is 4. The van der Waals surface area contributed by atoms with Gasteiger partial charge in [-0.1, -0.05) is 153 Å². The summed E-state index contributed by atoms with van der Waals surface area (Å²) >= 11 is 49.0. The predicted octanol–water partition coefficient (Wildman–Crippen LogP) is 16.8. The molecule has 5 aromatic carbocycles. The molecule has 0 aliphatic rings. The fourth-order valence-corrected chi connectivity index (χ4v) is 6.36. The van der Waals surface area contributed by atoms with Crippen molar-refractivity contribution in [2.45, 2.75) is 40.5 Å². The smallest absolute Gasteiger partial charge is 0.100 e. The van der Waals surface area contributed by atoms with Crippen molar-refractivity contribution in [2.24, 2.45) is 20.0 Å². The second-order valence-corrected chi connectivity index (χ2v) is 14.4. The Kier molecular flexibility index (Phi) is 24.3. The average molecular weight is 981 g/mol. The van der Waals surface area contributed by atoms with Gasteiger partial charge in [0.1, 0.15) is 22.7 Å². The van der Waals surface area contributed by atoms with Crippen molar-refractivity contribution >= 4 is 138 Å². The standard InChI is InChI=1S/2C17H14Cl4N2.C6H6.2Cu/c2*1-10(22-16-12(18)5-3-6-13(16)19)9-11(2)23-17-14(20)7-4-8-15(17)21;1-2-4-6-5-3-1;;/h2*3-8H,9H2,1-2H3;1-6H;;. The number of rotatable bonds is 8. The van der Waals surface area contributed by atoms with Gasteiger partial charge in [-0.25, -0.2) is 0 Å². The molecule has 0 saturated carbocycles. The molecular weight excluding hydrogens is 947 g/mol. The third-order valence-corrected chi connectivity index (χ3v) is 9.09. The van der Waals surface area contributed by atoms with Crippen molar-refractivity contribution in [2.75, 3.05) is 0 Å². The fraction of sp³-hybridized carbons (Fsp3) is 0.150. The average Bonchev–Trinajstić information content (AvgIpc) is 3.09. The van der Waals surface area contributed by atoms with Crippen LogP contribution >= 0.6 is 92.8 Å². The molecule has 0 saturated heterocycles. The van der Waals surface area contributed by atoms with E-state index in [1.165, 1.54) is 0 Å². The van der Waals surface area contributed by atoms with Crippen molar-refractivity contribution in [1.82, 2.24) is 0 Å². The molecule has 0 aliphatic carbocycles. The van der Waals surface area contributed by atoms with Crippen molar-refractivity contribution in [3.63, 3.8) is 0 Å². The number of benzene rings is 5. The summed E-state index contributed by atoms with van der Waals surface area (Å²) < 4.78 is 0. The van der Waals surface area contributed by atoms with Crippen LogP contribution in [-0.4, -0.2) is 22.8 Å². The van der Waals surface area contributed by atoms with Gasteiger partial charge in [0.2, 0.25) is 0 Å².